The summed E-state index contributed by atoms with van der Waals surface area (Å²) in [6.45, 7) is 40.2. The highest BCUT2D eigenvalue weighted by molar-refractivity contribution is 5.99. The summed E-state index contributed by atoms with van der Waals surface area (Å²) in [6.07, 6.45) is 10.8. The van der Waals surface area contributed by atoms with Gasteiger partial charge in [-0.2, -0.15) is 0 Å². The van der Waals surface area contributed by atoms with Crippen molar-refractivity contribution in [1.29, 1.82) is 0 Å². The van der Waals surface area contributed by atoms with Gasteiger partial charge in [0.2, 0.25) is 0 Å². The van der Waals surface area contributed by atoms with Crippen molar-refractivity contribution in [3.05, 3.63) is 12.2 Å². The van der Waals surface area contributed by atoms with Gasteiger partial charge in [-0.25, -0.2) is 0 Å². The fourth-order valence-corrected chi connectivity index (χ4v) is 16.3. The molecule has 12 nitrogen and oxygen atoms in total. The predicted molar refractivity (Wildman–Crippen MR) is 283 cm³/mol. The fraction of sp³-hybridized carbons (Fsp3) is 0.897. The maximum absolute atomic E-state index is 14.0. The second-order valence-electron chi connectivity index (χ2n) is 28.7. The van der Waals surface area contributed by atoms with E-state index in [4.69, 9.17) is 0 Å². The van der Waals surface area contributed by atoms with Crippen molar-refractivity contribution in [3.63, 3.8) is 0 Å². The molecule has 4 fully saturated rings. The molecule has 4 N–H and O–H groups in total. The summed E-state index contributed by atoms with van der Waals surface area (Å²) in [5.41, 5.74) is -6.15. The first-order valence-electron chi connectivity index (χ1n) is 27.1. The van der Waals surface area contributed by atoms with E-state index in [9.17, 15) is 39.6 Å². The molecule has 70 heavy (non-hydrogen) atoms. The van der Waals surface area contributed by atoms with Gasteiger partial charge in [0.1, 0.15) is 0 Å². The number of hydrogen-bond donors (Lipinski definition) is 4. The zero-order valence-corrected chi connectivity index (χ0v) is 48.4. The molecular weight excluding hydrogens is 881 g/mol. The van der Waals surface area contributed by atoms with Crippen LogP contribution in [0.25, 0.3) is 0 Å². The topological polar surface area (TPSA) is 162 Å². The number of carbonyl (C=O) groups is 4. The molecule has 4 heterocycles. The van der Waals surface area contributed by atoms with Crippen molar-refractivity contribution >= 4 is 23.9 Å². The first-order valence-corrected chi connectivity index (χ1v) is 27.1. The van der Waals surface area contributed by atoms with E-state index in [1.165, 1.54) is 12.2 Å². The minimum Gasteiger partial charge on any atom is -0.480 e. The average molecular weight is 985 g/mol. The van der Waals surface area contributed by atoms with Crippen LogP contribution in [-0.4, -0.2) is 136 Å². The molecular formula is C58H104N4O8. The lowest BCUT2D eigenvalue weighted by atomic mass is 9.40. The molecule has 0 saturated carbocycles. The normalized spacial score (nSPS) is 26.5. The lowest BCUT2D eigenvalue weighted by Gasteiger charge is -2.70. The predicted octanol–water partition coefficient (Wildman–Crippen LogP) is 11.8. The molecule has 404 valence electrons. The molecule has 1 unspecified atom stereocenters. The molecule has 0 spiro atoms. The Morgan fingerprint density at radius 2 is 0.700 bits per heavy atom. The smallest absolute Gasteiger partial charge is 0.321 e. The Morgan fingerprint density at radius 1 is 0.457 bits per heavy atom. The Labute approximate surface area is 426 Å². The fourth-order valence-electron chi connectivity index (χ4n) is 16.3. The summed E-state index contributed by atoms with van der Waals surface area (Å²) in [7, 11) is 9.08. The third kappa shape index (κ3) is 11.0. The first kappa shape index (κ1) is 60.0. The maximum atomic E-state index is 14.0. The Morgan fingerprint density at radius 3 is 0.943 bits per heavy atom. The number of rotatable bonds is 19. The average Bonchev–Trinajstić information content (AvgIpc) is 3.19. The Hall–Kier alpha value is -2.54. The van der Waals surface area contributed by atoms with Gasteiger partial charge in [0, 0.05) is 44.3 Å². The molecule has 4 aliphatic heterocycles. The summed E-state index contributed by atoms with van der Waals surface area (Å²) < 4.78 is 0. The Kier molecular flexibility index (Phi) is 17.1. The second kappa shape index (κ2) is 20.0. The maximum Gasteiger partial charge on any atom is 0.321 e. The summed E-state index contributed by atoms with van der Waals surface area (Å²) in [4.78, 5) is 63.4. The van der Waals surface area contributed by atoms with Gasteiger partial charge in [-0.15, -0.1) is 0 Å². The largest absolute Gasteiger partial charge is 0.480 e. The lowest BCUT2D eigenvalue weighted by Crippen LogP contribution is -2.70. The van der Waals surface area contributed by atoms with Crippen molar-refractivity contribution in [2.24, 2.45) is 45.8 Å². The van der Waals surface area contributed by atoms with E-state index in [0.717, 1.165) is 51.4 Å². The van der Waals surface area contributed by atoms with Crippen molar-refractivity contribution < 1.29 is 39.6 Å². The molecule has 4 aliphatic rings. The van der Waals surface area contributed by atoms with E-state index in [-0.39, 0.29) is 105 Å². The molecule has 4 rings (SSSR count). The SMILES string of the molecule is CCCCC(CC=CCC(CCC(C1CC(C)(C)N(C)C(C)(C)C1)C(C1CC(C)(C)N(C)C(C)(C)C1)(C1CC(C)(C)N(C)C(C)(C)C1)C1CC(C)(C)N(C)C(C)(C)C1)(C(=O)O)C(=O)O)(C(=O)O)C(=O)O. The highest BCUT2D eigenvalue weighted by Crippen LogP contribution is 2.69. The highest BCUT2D eigenvalue weighted by atomic mass is 16.4. The van der Waals surface area contributed by atoms with Crippen LogP contribution in [0.2, 0.25) is 0 Å². The van der Waals surface area contributed by atoms with Crippen LogP contribution in [-0.2, 0) is 19.2 Å². The number of unbranched alkanes of at least 4 members (excludes halogenated alkanes) is 1. The number of piperidine rings is 4. The van der Waals surface area contributed by atoms with Gasteiger partial charge in [-0.3, -0.25) is 38.8 Å². The van der Waals surface area contributed by atoms with Crippen LogP contribution in [0.3, 0.4) is 0 Å². The lowest BCUT2D eigenvalue weighted by molar-refractivity contribution is -0.211. The minimum atomic E-state index is -2.24. The van der Waals surface area contributed by atoms with E-state index in [1.54, 1.807) is 0 Å². The van der Waals surface area contributed by atoms with Crippen LogP contribution >= 0.6 is 0 Å². The van der Waals surface area contributed by atoms with Gasteiger partial charge in [-0.05, 0) is 257 Å². The third-order valence-electron chi connectivity index (χ3n) is 21.2. The Bertz CT molecular complexity index is 1740. The standard InChI is InChI=1S/C58H104N4O8/c1-22-23-27-56(44(63)64,45(65)66)28-24-25-29-57(46(67)68,47(69)70)30-26-43(39-31-48(2,3)59(18)49(4,5)32-39)58(40-33-50(6,7)60(19)51(8,9)34-40,41-35-52(10,11)61(20)53(12,13)36-41)42-37-54(14,15)62(21)55(16,17)38-42/h24-25,39-43H,22-23,26-38H2,1-21H3,(H,63,64)(H,65,66)(H,67,68)(H,69,70). The van der Waals surface area contributed by atoms with Gasteiger partial charge in [-0.1, -0.05) is 31.9 Å². The van der Waals surface area contributed by atoms with Gasteiger partial charge in [0.05, 0.1) is 0 Å². The van der Waals surface area contributed by atoms with Crippen molar-refractivity contribution in [1.82, 2.24) is 19.6 Å². The van der Waals surface area contributed by atoms with E-state index in [2.05, 4.69) is 159 Å². The number of aliphatic carboxylic acids is 4. The van der Waals surface area contributed by atoms with Gasteiger partial charge < -0.3 is 20.4 Å². The molecule has 0 aromatic rings. The summed E-state index contributed by atoms with van der Waals surface area (Å²) in [5, 5.41) is 43.3. The van der Waals surface area contributed by atoms with Gasteiger partial charge in [0.25, 0.3) is 0 Å². The van der Waals surface area contributed by atoms with Crippen LogP contribution < -0.4 is 0 Å². The third-order valence-corrected chi connectivity index (χ3v) is 21.2. The van der Waals surface area contributed by atoms with Crippen LogP contribution in [0.5, 0.6) is 0 Å². The first-order chi connectivity index (χ1) is 31.5. The zero-order valence-electron chi connectivity index (χ0n) is 48.4. The number of carboxylic acid groups (broad SMARTS) is 4. The monoisotopic (exact) mass is 985 g/mol. The Balaban J connectivity index is 2.17. The highest BCUT2D eigenvalue weighted by Gasteiger charge is 2.67. The number of likely N-dealkylation sites (tertiary alicyclic amines) is 4. The minimum absolute atomic E-state index is 0.0671. The van der Waals surface area contributed by atoms with Crippen molar-refractivity contribution in [2.75, 3.05) is 28.2 Å². The van der Waals surface area contributed by atoms with Crippen molar-refractivity contribution in [3.8, 4) is 0 Å². The van der Waals surface area contributed by atoms with Crippen molar-refractivity contribution in [2.45, 2.75) is 258 Å². The second-order valence-corrected chi connectivity index (χ2v) is 28.7. The summed E-state index contributed by atoms with van der Waals surface area (Å²) >= 11 is 0. The molecule has 0 radical (unpaired) electrons. The van der Waals surface area contributed by atoms with E-state index < -0.39 is 34.7 Å². The quantitative estimate of drug-likeness (QED) is 0.0717. The molecule has 0 aromatic carbocycles. The summed E-state index contributed by atoms with van der Waals surface area (Å²) in [5.74, 6) is -5.03. The molecule has 12 heteroatoms. The molecule has 0 amide bonds. The van der Waals surface area contributed by atoms with Gasteiger partial charge >= 0.3 is 23.9 Å². The molecule has 4 saturated heterocycles. The van der Waals surface area contributed by atoms with Crippen LogP contribution in [0, 0.1) is 45.8 Å². The van der Waals surface area contributed by atoms with Crippen LogP contribution in [0.15, 0.2) is 12.2 Å². The molecule has 1 atom stereocenters. The van der Waals surface area contributed by atoms with E-state index in [0.29, 0.717) is 19.3 Å². The molecule has 0 aliphatic carbocycles. The zero-order chi connectivity index (χ0) is 54.0. The number of carboxylic acids is 4. The summed E-state index contributed by atoms with van der Waals surface area (Å²) in [6, 6.07) is 0. The van der Waals surface area contributed by atoms with E-state index >= 15 is 0 Å². The molecule has 0 bridgehead atoms. The number of hydrogen-bond acceptors (Lipinski definition) is 8. The number of allylic oxidation sites excluding steroid dienone is 2. The van der Waals surface area contributed by atoms with Crippen LogP contribution in [0.1, 0.15) is 214 Å². The van der Waals surface area contributed by atoms with Crippen LogP contribution in [0.4, 0.5) is 0 Å². The molecule has 0 aromatic heterocycles. The number of nitrogens with zero attached hydrogens (tertiary/aromatic N) is 4. The van der Waals surface area contributed by atoms with E-state index in [1.807, 2.05) is 6.92 Å². The van der Waals surface area contributed by atoms with Gasteiger partial charge in [0.15, 0.2) is 10.8 Å².